The Labute approximate surface area is 130 Å². The molecular formula is C17H20ClNO2. The van der Waals surface area contributed by atoms with Gasteiger partial charge in [0.1, 0.15) is 11.5 Å². The highest BCUT2D eigenvalue weighted by atomic mass is 35.5. The van der Waals surface area contributed by atoms with Crippen molar-refractivity contribution in [3.05, 3.63) is 53.6 Å². The minimum Gasteiger partial charge on any atom is -0.496 e. The average molecular weight is 306 g/mol. The number of methoxy groups -OCH3 is 1. The van der Waals surface area contributed by atoms with Crippen molar-refractivity contribution in [2.45, 2.75) is 19.3 Å². The second-order valence-electron chi connectivity index (χ2n) is 4.55. The molecule has 0 radical (unpaired) electrons. The minimum absolute atomic E-state index is 0.430. The van der Waals surface area contributed by atoms with Gasteiger partial charge in [-0.1, -0.05) is 18.2 Å². The summed E-state index contributed by atoms with van der Waals surface area (Å²) in [7, 11) is 1.68. The molecule has 0 aliphatic carbocycles. The second-order valence-corrected chi connectivity index (χ2v) is 4.82. The molecule has 0 saturated carbocycles. The average Bonchev–Trinajstić information content (AvgIpc) is 2.54. The molecule has 0 fully saturated rings. The van der Waals surface area contributed by atoms with Crippen LogP contribution in [0.3, 0.4) is 0 Å². The van der Waals surface area contributed by atoms with Crippen LogP contribution in [0.2, 0.25) is 0 Å². The van der Waals surface area contributed by atoms with Crippen molar-refractivity contribution in [1.82, 2.24) is 0 Å². The van der Waals surface area contributed by atoms with Gasteiger partial charge in [0, 0.05) is 23.4 Å². The molecule has 2 aromatic carbocycles. The lowest BCUT2D eigenvalue weighted by Crippen LogP contribution is -2.03. The molecule has 2 aromatic rings. The van der Waals surface area contributed by atoms with Crippen LogP contribution >= 0.6 is 11.6 Å². The van der Waals surface area contributed by atoms with Gasteiger partial charge in [-0.25, -0.2) is 0 Å². The van der Waals surface area contributed by atoms with E-state index in [1.54, 1.807) is 7.11 Å². The van der Waals surface area contributed by atoms with Crippen molar-refractivity contribution in [2.24, 2.45) is 0 Å². The summed E-state index contributed by atoms with van der Waals surface area (Å²) in [6.45, 7) is 3.30. The molecule has 1 N–H and O–H groups in total. The van der Waals surface area contributed by atoms with Crippen LogP contribution in [-0.4, -0.2) is 13.7 Å². The van der Waals surface area contributed by atoms with E-state index in [-0.39, 0.29) is 0 Å². The van der Waals surface area contributed by atoms with E-state index in [0.29, 0.717) is 19.0 Å². The first kappa shape index (κ1) is 15.5. The number of hydrogen-bond acceptors (Lipinski definition) is 3. The van der Waals surface area contributed by atoms with Crippen LogP contribution < -0.4 is 14.8 Å². The quantitative estimate of drug-likeness (QED) is 0.767. The van der Waals surface area contributed by atoms with Crippen LogP contribution in [0.15, 0.2) is 42.5 Å². The lowest BCUT2D eigenvalue weighted by Gasteiger charge is -2.13. The molecule has 21 heavy (non-hydrogen) atoms. The number of alkyl halides is 1. The lowest BCUT2D eigenvalue weighted by atomic mass is 10.1. The van der Waals surface area contributed by atoms with Gasteiger partial charge in [-0.05, 0) is 31.2 Å². The molecular weight excluding hydrogens is 286 g/mol. The van der Waals surface area contributed by atoms with E-state index in [0.717, 1.165) is 28.3 Å². The number of nitrogens with one attached hydrogen (secondary N) is 1. The molecule has 0 heterocycles. The van der Waals surface area contributed by atoms with Crippen molar-refractivity contribution in [3.8, 4) is 11.5 Å². The summed E-state index contributed by atoms with van der Waals surface area (Å²) >= 11 is 5.98. The van der Waals surface area contributed by atoms with Crippen LogP contribution in [0.1, 0.15) is 18.1 Å². The molecule has 0 spiro atoms. The second kappa shape index (κ2) is 7.79. The zero-order valence-electron chi connectivity index (χ0n) is 12.4. The number of ether oxygens (including phenoxy) is 2. The maximum Gasteiger partial charge on any atom is 0.123 e. The smallest absolute Gasteiger partial charge is 0.123 e. The fourth-order valence-corrected chi connectivity index (χ4v) is 2.35. The van der Waals surface area contributed by atoms with Crippen molar-refractivity contribution in [3.63, 3.8) is 0 Å². The zero-order valence-corrected chi connectivity index (χ0v) is 13.1. The van der Waals surface area contributed by atoms with Crippen molar-refractivity contribution < 1.29 is 9.47 Å². The topological polar surface area (TPSA) is 30.5 Å². The Morgan fingerprint density at radius 3 is 2.57 bits per heavy atom. The zero-order chi connectivity index (χ0) is 15.1. The Balaban J connectivity index is 2.09. The molecule has 0 atom stereocenters. The van der Waals surface area contributed by atoms with Crippen LogP contribution in [0.25, 0.3) is 0 Å². The number of rotatable bonds is 7. The van der Waals surface area contributed by atoms with E-state index in [2.05, 4.69) is 5.32 Å². The fourth-order valence-electron chi connectivity index (χ4n) is 2.14. The predicted octanol–water partition coefficient (Wildman–Crippen LogP) is 4.44. The summed E-state index contributed by atoms with van der Waals surface area (Å²) < 4.78 is 10.9. The fraction of sp³-hybridized carbons (Fsp3) is 0.294. The van der Waals surface area contributed by atoms with Gasteiger partial charge in [0.15, 0.2) is 0 Å². The standard InChI is InChI=1S/C17H20ClNO2/c1-3-21-17-9-8-15(10-14(17)11-18)19-12-13-6-4-5-7-16(13)20-2/h4-10,19H,3,11-12H2,1-2H3. The van der Waals surface area contributed by atoms with Crippen LogP contribution in [0.5, 0.6) is 11.5 Å². The van der Waals surface area contributed by atoms with E-state index in [4.69, 9.17) is 21.1 Å². The third-order valence-electron chi connectivity index (χ3n) is 3.18. The molecule has 0 aliphatic rings. The molecule has 0 aromatic heterocycles. The van der Waals surface area contributed by atoms with Gasteiger partial charge >= 0.3 is 0 Å². The summed E-state index contributed by atoms with van der Waals surface area (Å²) in [6.07, 6.45) is 0. The third kappa shape index (κ3) is 4.05. The molecule has 0 unspecified atom stereocenters. The number of anilines is 1. The molecule has 4 heteroatoms. The molecule has 2 rings (SSSR count). The van der Waals surface area contributed by atoms with Gasteiger partial charge < -0.3 is 14.8 Å². The number of para-hydroxylation sites is 1. The van der Waals surface area contributed by atoms with Gasteiger partial charge in [0.05, 0.1) is 19.6 Å². The third-order valence-corrected chi connectivity index (χ3v) is 3.47. The summed E-state index contributed by atoms with van der Waals surface area (Å²) in [6, 6.07) is 13.9. The Morgan fingerprint density at radius 2 is 1.86 bits per heavy atom. The first-order chi connectivity index (χ1) is 10.3. The first-order valence-electron chi connectivity index (χ1n) is 6.96. The Kier molecular flexibility index (Phi) is 5.76. The van der Waals surface area contributed by atoms with Crippen LogP contribution in [0, 0.1) is 0 Å². The highest BCUT2D eigenvalue weighted by Crippen LogP contribution is 2.25. The summed E-state index contributed by atoms with van der Waals surface area (Å²) in [5.41, 5.74) is 3.12. The number of hydrogen-bond donors (Lipinski definition) is 1. The minimum atomic E-state index is 0.430. The molecule has 3 nitrogen and oxygen atoms in total. The Hall–Kier alpha value is -1.87. The Bertz CT molecular complexity index is 587. The Morgan fingerprint density at radius 1 is 1.05 bits per heavy atom. The summed E-state index contributed by atoms with van der Waals surface area (Å²) in [5, 5.41) is 3.39. The van der Waals surface area contributed by atoms with Gasteiger partial charge in [0.25, 0.3) is 0 Å². The maximum atomic E-state index is 5.98. The molecule has 0 amide bonds. The lowest BCUT2D eigenvalue weighted by molar-refractivity contribution is 0.337. The molecule has 0 bridgehead atoms. The largest absolute Gasteiger partial charge is 0.496 e. The van der Waals surface area contributed by atoms with E-state index in [1.807, 2.05) is 49.4 Å². The van der Waals surface area contributed by atoms with Crippen molar-refractivity contribution >= 4 is 17.3 Å². The van der Waals surface area contributed by atoms with E-state index < -0.39 is 0 Å². The van der Waals surface area contributed by atoms with E-state index in [1.165, 1.54) is 0 Å². The summed E-state index contributed by atoms with van der Waals surface area (Å²) in [5.74, 6) is 2.16. The number of halogens is 1. The van der Waals surface area contributed by atoms with Crippen molar-refractivity contribution in [1.29, 1.82) is 0 Å². The highest BCUT2D eigenvalue weighted by molar-refractivity contribution is 6.17. The normalized spacial score (nSPS) is 10.2. The SMILES string of the molecule is CCOc1ccc(NCc2ccccc2OC)cc1CCl. The molecule has 112 valence electrons. The van der Waals surface area contributed by atoms with Gasteiger partial charge in [-0.3, -0.25) is 0 Å². The highest BCUT2D eigenvalue weighted by Gasteiger charge is 2.05. The van der Waals surface area contributed by atoms with Crippen molar-refractivity contribution in [2.75, 3.05) is 19.0 Å². The summed E-state index contributed by atoms with van der Waals surface area (Å²) in [4.78, 5) is 0. The monoisotopic (exact) mass is 305 g/mol. The molecule has 0 aliphatic heterocycles. The van der Waals surface area contributed by atoms with Crippen LogP contribution in [-0.2, 0) is 12.4 Å². The van der Waals surface area contributed by atoms with E-state index in [9.17, 15) is 0 Å². The van der Waals surface area contributed by atoms with Gasteiger partial charge in [-0.2, -0.15) is 0 Å². The van der Waals surface area contributed by atoms with Gasteiger partial charge in [0.2, 0.25) is 0 Å². The first-order valence-corrected chi connectivity index (χ1v) is 7.49. The number of benzene rings is 2. The molecule has 0 saturated heterocycles. The predicted molar refractivity (Wildman–Crippen MR) is 87.5 cm³/mol. The maximum absolute atomic E-state index is 5.98. The van der Waals surface area contributed by atoms with E-state index >= 15 is 0 Å². The van der Waals surface area contributed by atoms with Crippen LogP contribution in [0.4, 0.5) is 5.69 Å². The van der Waals surface area contributed by atoms with Gasteiger partial charge in [-0.15, -0.1) is 11.6 Å².